The molecule has 2 rings (SSSR count). The van der Waals surface area contributed by atoms with E-state index >= 15 is 0 Å². The molecule has 0 atom stereocenters. The van der Waals surface area contributed by atoms with Crippen LogP contribution in [0.15, 0.2) is 17.1 Å². The van der Waals surface area contributed by atoms with Crippen LogP contribution in [0.2, 0.25) is 0 Å². The number of halogens is 1. The molecular weight excluding hydrogens is 275 g/mol. The van der Waals surface area contributed by atoms with Crippen LogP contribution in [-0.2, 0) is 16.5 Å². The average Bonchev–Trinajstić information content (AvgIpc) is 2.31. The highest BCUT2D eigenvalue weighted by Crippen LogP contribution is 2.22. The van der Waals surface area contributed by atoms with Crippen molar-refractivity contribution in [3.63, 3.8) is 0 Å². The van der Waals surface area contributed by atoms with E-state index in [9.17, 15) is 17.6 Å². The van der Waals surface area contributed by atoms with Crippen molar-refractivity contribution in [2.45, 2.75) is 13.3 Å². The van der Waals surface area contributed by atoms with E-state index in [1.165, 1.54) is 12.3 Å². The van der Waals surface area contributed by atoms with Crippen LogP contribution in [0.3, 0.4) is 0 Å². The summed E-state index contributed by atoms with van der Waals surface area (Å²) in [6.45, 7) is 1.79. The van der Waals surface area contributed by atoms with Gasteiger partial charge in [-0.05, 0) is 12.5 Å². The van der Waals surface area contributed by atoms with Gasteiger partial charge in [0, 0.05) is 17.1 Å². The summed E-state index contributed by atoms with van der Waals surface area (Å²) in [5, 5.41) is 0.370. The lowest BCUT2D eigenvalue weighted by atomic mass is 10.1. The molecule has 0 saturated carbocycles. The van der Waals surface area contributed by atoms with E-state index in [0.29, 0.717) is 17.4 Å². The van der Waals surface area contributed by atoms with Crippen LogP contribution < -0.4 is 9.74 Å². The Morgan fingerprint density at radius 1 is 1.47 bits per heavy atom. The number of H-pyrrole nitrogens is 1. The molecule has 0 spiro atoms. The standard InChI is InChI=1S/C11H11FN2O4S/c1-3-6-4-7-5-13-11(18-19(2,16)17)8(12)9(7)14-10(6)15/h4-5H,3H2,1-2H3,(H,14,15). The number of nitrogens with one attached hydrogen (secondary N) is 1. The summed E-state index contributed by atoms with van der Waals surface area (Å²) in [4.78, 5) is 17.6. The number of hydrogen-bond donors (Lipinski definition) is 1. The molecule has 0 fully saturated rings. The van der Waals surface area contributed by atoms with Gasteiger partial charge >= 0.3 is 10.1 Å². The van der Waals surface area contributed by atoms with E-state index in [2.05, 4.69) is 14.2 Å². The molecule has 0 bridgehead atoms. The number of hydrogen-bond acceptors (Lipinski definition) is 5. The third-order valence-electron chi connectivity index (χ3n) is 2.49. The number of pyridine rings is 2. The molecular formula is C11H11FN2O4S. The highest BCUT2D eigenvalue weighted by atomic mass is 32.2. The highest BCUT2D eigenvalue weighted by Gasteiger charge is 2.16. The molecule has 0 aliphatic rings. The molecule has 0 saturated heterocycles. The molecule has 102 valence electrons. The largest absolute Gasteiger partial charge is 0.358 e. The zero-order valence-corrected chi connectivity index (χ0v) is 11.0. The lowest BCUT2D eigenvalue weighted by Gasteiger charge is -2.06. The minimum absolute atomic E-state index is 0.129. The fraction of sp³-hybridized carbons (Fsp3) is 0.273. The van der Waals surface area contributed by atoms with Gasteiger partial charge in [0.05, 0.1) is 11.8 Å². The maximum absolute atomic E-state index is 14.0. The molecule has 0 aliphatic heterocycles. The molecule has 2 aromatic heterocycles. The number of aromatic nitrogens is 2. The Morgan fingerprint density at radius 3 is 2.74 bits per heavy atom. The summed E-state index contributed by atoms with van der Waals surface area (Å²) in [6.07, 6.45) is 2.52. The number of fused-ring (bicyclic) bond motifs is 1. The van der Waals surface area contributed by atoms with Gasteiger partial charge in [-0.3, -0.25) is 4.79 Å². The topological polar surface area (TPSA) is 89.1 Å². The van der Waals surface area contributed by atoms with Gasteiger partial charge in [-0.25, -0.2) is 4.98 Å². The normalized spacial score (nSPS) is 11.7. The molecule has 8 heteroatoms. The van der Waals surface area contributed by atoms with E-state index < -0.39 is 27.4 Å². The Bertz CT molecular complexity index is 798. The van der Waals surface area contributed by atoms with Crippen LogP contribution in [0, 0.1) is 5.82 Å². The van der Waals surface area contributed by atoms with E-state index in [0.717, 1.165) is 6.26 Å². The summed E-state index contributed by atoms with van der Waals surface area (Å²) >= 11 is 0. The number of rotatable bonds is 3. The zero-order chi connectivity index (χ0) is 14.2. The summed E-state index contributed by atoms with van der Waals surface area (Å²) in [7, 11) is -3.89. The van der Waals surface area contributed by atoms with Crippen LogP contribution >= 0.6 is 0 Å². The van der Waals surface area contributed by atoms with Crippen LogP contribution in [0.25, 0.3) is 10.9 Å². The van der Waals surface area contributed by atoms with E-state index in [1.54, 1.807) is 6.92 Å². The smallest absolute Gasteiger partial charge is 0.307 e. The Hall–Kier alpha value is -1.96. The number of nitrogens with zero attached hydrogens (tertiary/aromatic N) is 1. The number of aromatic amines is 1. The van der Waals surface area contributed by atoms with Gasteiger partial charge in [0.25, 0.3) is 11.4 Å². The number of aryl methyl sites for hydroxylation is 1. The minimum Gasteiger partial charge on any atom is -0.358 e. The monoisotopic (exact) mass is 286 g/mol. The predicted octanol–water partition coefficient (Wildman–Crippen LogP) is 0.963. The molecule has 0 amide bonds. The lowest BCUT2D eigenvalue weighted by molar-refractivity contribution is 0.456. The van der Waals surface area contributed by atoms with Crippen LogP contribution in [0.5, 0.6) is 5.88 Å². The maximum atomic E-state index is 14.0. The fourth-order valence-electron chi connectivity index (χ4n) is 1.63. The fourth-order valence-corrected chi connectivity index (χ4v) is 2.03. The van der Waals surface area contributed by atoms with Gasteiger partial charge in [0.1, 0.15) is 0 Å². The third kappa shape index (κ3) is 2.73. The second kappa shape index (κ2) is 4.61. The van der Waals surface area contributed by atoms with Gasteiger partial charge in [-0.1, -0.05) is 6.92 Å². The van der Waals surface area contributed by atoms with E-state index in [1.807, 2.05) is 0 Å². The first-order valence-electron chi connectivity index (χ1n) is 5.41. The van der Waals surface area contributed by atoms with E-state index in [-0.39, 0.29) is 5.52 Å². The minimum atomic E-state index is -3.89. The molecule has 0 aliphatic carbocycles. The molecule has 19 heavy (non-hydrogen) atoms. The Balaban J connectivity index is 2.68. The van der Waals surface area contributed by atoms with Crippen LogP contribution in [0.4, 0.5) is 4.39 Å². The predicted molar refractivity (Wildman–Crippen MR) is 67.2 cm³/mol. The van der Waals surface area contributed by atoms with Crippen molar-refractivity contribution in [3.8, 4) is 5.88 Å². The van der Waals surface area contributed by atoms with Crippen molar-refractivity contribution in [2.75, 3.05) is 6.26 Å². The highest BCUT2D eigenvalue weighted by molar-refractivity contribution is 7.86. The van der Waals surface area contributed by atoms with Crippen molar-refractivity contribution in [1.82, 2.24) is 9.97 Å². The molecule has 2 aromatic rings. The zero-order valence-electron chi connectivity index (χ0n) is 10.2. The van der Waals surface area contributed by atoms with Crippen molar-refractivity contribution >= 4 is 21.0 Å². The average molecular weight is 286 g/mol. The first-order chi connectivity index (χ1) is 8.81. The van der Waals surface area contributed by atoms with Crippen molar-refractivity contribution in [1.29, 1.82) is 0 Å². The molecule has 0 unspecified atom stereocenters. The summed E-state index contributed by atoms with van der Waals surface area (Å²) in [5.74, 6) is -1.70. The molecule has 2 heterocycles. The van der Waals surface area contributed by atoms with Crippen molar-refractivity contribution < 1.29 is 17.0 Å². The SMILES string of the molecule is CCc1cc2cnc(OS(C)(=O)=O)c(F)c2[nH]c1=O. The second-order valence-corrected chi connectivity index (χ2v) is 5.55. The molecule has 0 aromatic carbocycles. The Labute approximate surface area is 108 Å². The summed E-state index contributed by atoms with van der Waals surface area (Å²) in [5.41, 5.74) is -0.0632. The summed E-state index contributed by atoms with van der Waals surface area (Å²) in [6, 6.07) is 1.51. The van der Waals surface area contributed by atoms with Crippen LogP contribution in [0.1, 0.15) is 12.5 Å². The van der Waals surface area contributed by atoms with Crippen molar-refractivity contribution in [2.24, 2.45) is 0 Å². The molecule has 6 nitrogen and oxygen atoms in total. The molecule has 1 N–H and O–H groups in total. The van der Waals surface area contributed by atoms with Gasteiger partial charge in [-0.15, -0.1) is 0 Å². The Morgan fingerprint density at radius 2 is 2.16 bits per heavy atom. The van der Waals surface area contributed by atoms with Crippen molar-refractivity contribution in [3.05, 3.63) is 34.0 Å². The molecule has 0 radical (unpaired) electrons. The lowest BCUT2D eigenvalue weighted by Crippen LogP contribution is -2.13. The summed E-state index contributed by atoms with van der Waals surface area (Å²) < 4.78 is 40.3. The van der Waals surface area contributed by atoms with Gasteiger partial charge in [0.2, 0.25) is 5.82 Å². The van der Waals surface area contributed by atoms with E-state index in [4.69, 9.17) is 0 Å². The quantitative estimate of drug-likeness (QED) is 0.849. The second-order valence-electron chi connectivity index (χ2n) is 3.97. The van der Waals surface area contributed by atoms with Gasteiger partial charge in [0.15, 0.2) is 0 Å². The Kier molecular flexibility index (Phi) is 3.27. The van der Waals surface area contributed by atoms with Gasteiger partial charge < -0.3 is 9.17 Å². The third-order valence-corrected chi connectivity index (χ3v) is 2.95. The van der Waals surface area contributed by atoms with Gasteiger partial charge in [-0.2, -0.15) is 12.8 Å². The van der Waals surface area contributed by atoms with Crippen LogP contribution in [-0.4, -0.2) is 24.6 Å². The maximum Gasteiger partial charge on any atom is 0.307 e. The first-order valence-corrected chi connectivity index (χ1v) is 7.23. The first kappa shape index (κ1) is 13.5.